The quantitative estimate of drug-likeness (QED) is 0.0979. The number of nitrogens with one attached hydrogen (secondary N) is 1. The van der Waals surface area contributed by atoms with Crippen LogP contribution in [-0.4, -0.2) is 91.8 Å². The first kappa shape index (κ1) is 32.8. The maximum absolute atomic E-state index is 14.0. The first-order chi connectivity index (χ1) is 16.5. The lowest BCUT2D eigenvalue weighted by atomic mass is 10.1. The smallest absolute Gasteiger partial charge is 0.466 e. The van der Waals surface area contributed by atoms with Crippen LogP contribution in [0.3, 0.4) is 0 Å². The van der Waals surface area contributed by atoms with Gasteiger partial charge in [0.25, 0.3) is 0 Å². The molecule has 1 amide bonds. The second-order valence-electron chi connectivity index (χ2n) is 7.50. The molecule has 0 radical (unpaired) electrons. The van der Waals surface area contributed by atoms with Crippen molar-refractivity contribution < 1.29 is 75.9 Å². The fraction of sp³-hybridized carbons (Fsp3) is 0.765. The number of ether oxygens (including phenoxy) is 2. The summed E-state index contributed by atoms with van der Waals surface area (Å²) in [5, 5.41) is -3.42. The largest absolute Gasteiger partial charge is 0.743 e. The van der Waals surface area contributed by atoms with Crippen molar-refractivity contribution in [3.63, 3.8) is 0 Å². The topological polar surface area (TPSA) is 125 Å². The van der Waals surface area contributed by atoms with Crippen molar-refractivity contribution in [1.29, 1.82) is 0 Å². The summed E-state index contributed by atoms with van der Waals surface area (Å²) in [5.41, 5.74) is -2.45. The number of rotatable bonds is 11. The third-order valence-corrected chi connectivity index (χ3v) is 5.74. The minimum Gasteiger partial charge on any atom is -0.743 e. The average Bonchev–Trinajstić information content (AvgIpc) is 2.75. The molecule has 1 heterocycles. The van der Waals surface area contributed by atoms with Gasteiger partial charge in [-0.3, -0.25) is 4.79 Å². The second kappa shape index (κ2) is 11.3. The number of hydrogen-bond donors (Lipinski definition) is 1. The van der Waals surface area contributed by atoms with E-state index in [1.54, 1.807) is 0 Å². The third kappa shape index (κ3) is 7.44. The molecule has 0 saturated carbocycles. The normalized spacial score (nSPS) is 17.8. The lowest BCUT2D eigenvalue weighted by Gasteiger charge is -2.38. The molecule has 0 aliphatic carbocycles. The maximum Gasteiger partial charge on any atom is 0.466 e. The van der Waals surface area contributed by atoms with E-state index in [-0.39, 0.29) is 13.1 Å². The van der Waals surface area contributed by atoms with E-state index >= 15 is 0 Å². The highest BCUT2D eigenvalue weighted by atomic mass is 32.2. The van der Waals surface area contributed by atoms with Crippen LogP contribution in [0.4, 0.5) is 43.9 Å². The van der Waals surface area contributed by atoms with Crippen LogP contribution in [0.2, 0.25) is 0 Å². The number of carbonyl (C=O) groups is 2. The Hall–Kier alpha value is -2.19. The van der Waals surface area contributed by atoms with Crippen LogP contribution < -0.4 is 5.32 Å². The van der Waals surface area contributed by atoms with E-state index < -0.39 is 95.8 Å². The molecule has 1 aliphatic heterocycles. The fourth-order valence-electron chi connectivity index (χ4n) is 2.77. The molecule has 9 nitrogen and oxygen atoms in total. The molecule has 0 spiro atoms. The summed E-state index contributed by atoms with van der Waals surface area (Å²) in [4.78, 5) is 24.9. The predicted molar refractivity (Wildman–Crippen MR) is 98.9 cm³/mol. The highest BCUT2D eigenvalue weighted by Gasteiger charge is 2.68. The molecule has 1 aliphatic rings. The monoisotopic (exact) mass is 585 g/mol. The number of halogens is 10. The molecule has 0 aromatic rings. The molecule has 1 saturated heterocycles. The second-order valence-corrected chi connectivity index (χ2v) is 8.92. The molecule has 1 fully saturated rings. The van der Waals surface area contributed by atoms with Gasteiger partial charge in [0.15, 0.2) is 10.1 Å². The van der Waals surface area contributed by atoms with Crippen LogP contribution in [0.15, 0.2) is 12.2 Å². The van der Waals surface area contributed by atoms with Crippen LogP contribution in [-0.2, 0) is 29.2 Å². The Morgan fingerprint density at radius 3 is 1.89 bits per heavy atom. The van der Waals surface area contributed by atoms with Gasteiger partial charge >= 0.3 is 41.2 Å². The lowest BCUT2D eigenvalue weighted by molar-refractivity contribution is -0.351. The van der Waals surface area contributed by atoms with Gasteiger partial charge in [-0.05, 0) is 12.8 Å². The molecular weight excluding hydrogens is 566 g/mol. The van der Waals surface area contributed by atoms with Crippen molar-refractivity contribution in [3.05, 3.63) is 12.2 Å². The first-order valence-corrected chi connectivity index (χ1v) is 11.3. The van der Waals surface area contributed by atoms with Gasteiger partial charge < -0.3 is 24.2 Å². The zero-order valence-corrected chi connectivity index (χ0v) is 19.2. The summed E-state index contributed by atoms with van der Waals surface area (Å²) < 4.78 is 173. The molecule has 0 bridgehead atoms. The third-order valence-electron chi connectivity index (χ3n) is 4.81. The minimum atomic E-state index is -6.83. The number of nitrogens with zero attached hydrogens (tertiary/aromatic N) is 1. The number of unbranched alkanes of at least 4 members (excludes halogenated alkanes) is 1. The lowest BCUT2D eigenvalue weighted by Crippen LogP contribution is -2.64. The Labute approximate surface area is 202 Å². The molecule has 0 aromatic heterocycles. The van der Waals surface area contributed by atoms with E-state index in [9.17, 15) is 66.5 Å². The van der Waals surface area contributed by atoms with Gasteiger partial charge in [0.1, 0.15) is 5.57 Å². The molecule has 0 aromatic carbocycles. The number of amides is 1. The van der Waals surface area contributed by atoms with Crippen LogP contribution in [0, 0.1) is 0 Å². The molecule has 1 N–H and O–H groups in total. The van der Waals surface area contributed by atoms with Crippen molar-refractivity contribution >= 4 is 22.0 Å². The zero-order valence-electron chi connectivity index (χ0n) is 18.4. The first-order valence-electron chi connectivity index (χ1n) is 9.92. The summed E-state index contributed by atoms with van der Waals surface area (Å²) in [6.07, 6.45) is -16.0. The highest BCUT2D eigenvalue weighted by molar-refractivity contribution is 7.86. The molecular formula is C17H19F10N2O7S-. The van der Waals surface area contributed by atoms with Crippen LogP contribution in [0.25, 0.3) is 0 Å². The number of alkyl halides is 10. The summed E-state index contributed by atoms with van der Waals surface area (Å²) in [6.45, 7) is -0.253. The van der Waals surface area contributed by atoms with Gasteiger partial charge in [0, 0.05) is 32.6 Å². The number of hydrogen-bond acceptors (Lipinski definition) is 8. The Bertz CT molecular complexity index is 962. The van der Waals surface area contributed by atoms with Gasteiger partial charge in [-0.1, -0.05) is 6.58 Å². The number of carbonyl (C=O) groups excluding carboxylic acids is 2. The van der Waals surface area contributed by atoms with Crippen LogP contribution in [0.1, 0.15) is 19.3 Å². The van der Waals surface area contributed by atoms with Gasteiger partial charge in [-0.2, -0.15) is 43.9 Å². The van der Waals surface area contributed by atoms with E-state index in [1.807, 2.05) is 0 Å². The SMILES string of the molecule is C=C(C(=O)OC(OCCCCC(F)(F)C(F)(F)S(=O)(=O)[O-])(C(=O)N1CCNCC1)C(F)(F)F)C(F)(F)F. The molecule has 37 heavy (non-hydrogen) atoms. The summed E-state index contributed by atoms with van der Waals surface area (Å²) in [7, 11) is -6.83. The van der Waals surface area contributed by atoms with E-state index in [0.29, 0.717) is 4.90 Å². The van der Waals surface area contributed by atoms with Crippen molar-refractivity contribution in [2.24, 2.45) is 0 Å². The predicted octanol–water partition coefficient (Wildman–Crippen LogP) is 2.30. The summed E-state index contributed by atoms with van der Waals surface area (Å²) >= 11 is 0. The van der Waals surface area contributed by atoms with Crippen molar-refractivity contribution in [3.8, 4) is 0 Å². The van der Waals surface area contributed by atoms with Crippen molar-refractivity contribution in [1.82, 2.24) is 10.2 Å². The van der Waals surface area contributed by atoms with E-state index in [1.165, 1.54) is 0 Å². The Balaban J connectivity index is 3.17. The number of esters is 1. The van der Waals surface area contributed by atoms with E-state index in [0.717, 1.165) is 0 Å². The van der Waals surface area contributed by atoms with Gasteiger partial charge in [0.2, 0.25) is 0 Å². The van der Waals surface area contributed by atoms with Crippen molar-refractivity contribution in [2.45, 2.75) is 48.6 Å². The summed E-state index contributed by atoms with van der Waals surface area (Å²) in [6, 6.07) is 0. The molecule has 1 atom stereocenters. The zero-order chi connectivity index (χ0) is 29.1. The molecule has 20 heteroatoms. The van der Waals surface area contributed by atoms with E-state index in [4.69, 9.17) is 0 Å². The van der Waals surface area contributed by atoms with Crippen molar-refractivity contribution in [2.75, 3.05) is 32.8 Å². The molecule has 1 rings (SSSR count). The maximum atomic E-state index is 14.0. The van der Waals surface area contributed by atoms with Crippen LogP contribution in [0.5, 0.6) is 0 Å². The highest BCUT2D eigenvalue weighted by Crippen LogP contribution is 2.42. The Morgan fingerprint density at radius 1 is 0.946 bits per heavy atom. The number of piperazine rings is 1. The van der Waals surface area contributed by atoms with Gasteiger partial charge in [-0.25, -0.2) is 13.2 Å². The standard InChI is InChI=1S/C17H20F10N2O7S/c1-10(15(20,21)22)11(30)36-14(16(23,24)25,12(31)29-7-5-28-6-8-29)35-9-3-2-4-13(18,19)17(26,27)37(32,33)34/h28H,1-9H2,(H,32,33,34)/p-1. The fourth-order valence-corrected chi connectivity index (χ4v) is 3.24. The molecule has 216 valence electrons. The van der Waals surface area contributed by atoms with Gasteiger partial charge in [-0.15, -0.1) is 0 Å². The minimum absolute atomic E-state index is 0.0746. The van der Waals surface area contributed by atoms with Gasteiger partial charge in [0.05, 0.1) is 6.61 Å². The Kier molecular flexibility index (Phi) is 10.0. The average molecular weight is 585 g/mol. The Morgan fingerprint density at radius 2 is 1.46 bits per heavy atom. The van der Waals surface area contributed by atoms with Crippen LogP contribution >= 0.6 is 0 Å². The molecule has 1 unspecified atom stereocenters. The summed E-state index contributed by atoms with van der Waals surface area (Å²) in [5.74, 6) is -15.1. The van der Waals surface area contributed by atoms with E-state index in [2.05, 4.69) is 21.4 Å².